The zero-order chi connectivity index (χ0) is 26.4. The zero-order valence-corrected chi connectivity index (χ0v) is 22.5. The van der Waals surface area contributed by atoms with E-state index in [0.717, 1.165) is 24.1 Å². The van der Waals surface area contributed by atoms with Gasteiger partial charge in [0.25, 0.3) is 0 Å². The molecule has 2 aliphatic heterocycles. The highest BCUT2D eigenvalue weighted by molar-refractivity contribution is 7.22. The predicted octanol–water partition coefficient (Wildman–Crippen LogP) is 3.52. The average Bonchev–Trinajstić information content (AvgIpc) is 3.41. The van der Waals surface area contributed by atoms with Gasteiger partial charge in [-0.1, -0.05) is 35.1 Å². The fourth-order valence-electron chi connectivity index (χ4n) is 5.33. The summed E-state index contributed by atoms with van der Waals surface area (Å²) in [4.78, 5) is 17.8. The van der Waals surface area contributed by atoms with Gasteiger partial charge in [-0.15, -0.1) is 0 Å². The lowest BCUT2D eigenvalue weighted by Crippen LogP contribution is -2.34. The fourth-order valence-corrected chi connectivity index (χ4v) is 6.38. The maximum Gasteiger partial charge on any atom is 0.319 e. The molecule has 2 aliphatic rings. The Labute approximate surface area is 228 Å². The maximum atomic E-state index is 16.5. The van der Waals surface area contributed by atoms with Crippen molar-refractivity contribution in [3.63, 3.8) is 0 Å². The van der Waals surface area contributed by atoms with Crippen molar-refractivity contribution in [3.8, 4) is 17.1 Å². The molecule has 0 bridgehead atoms. The van der Waals surface area contributed by atoms with Crippen LogP contribution in [-0.4, -0.2) is 83.5 Å². The topological polar surface area (TPSA) is 113 Å². The maximum absolute atomic E-state index is 16.5. The number of para-hydroxylation sites is 1. The van der Waals surface area contributed by atoms with Crippen molar-refractivity contribution in [2.75, 3.05) is 57.0 Å². The SMILES string of the molecule is CN1CCC[C@H]1COc1nc(N2CCNCC(O)C2)c2cc(Cl)c(-c3cccc4sc(N)nc34)c(F)c2n1. The molecule has 0 aliphatic carbocycles. The Bertz CT molecular complexity index is 1500. The zero-order valence-electron chi connectivity index (χ0n) is 21.0. The van der Waals surface area contributed by atoms with Crippen molar-refractivity contribution in [2.24, 2.45) is 0 Å². The molecular weight excluding hydrogens is 529 g/mol. The summed E-state index contributed by atoms with van der Waals surface area (Å²) in [6, 6.07) is 7.55. The Morgan fingerprint density at radius 2 is 2.13 bits per heavy atom. The normalized spacial score (nSPS) is 20.9. The lowest BCUT2D eigenvalue weighted by atomic mass is 10.0. The van der Waals surface area contributed by atoms with Crippen LogP contribution in [0.1, 0.15) is 12.8 Å². The summed E-state index contributed by atoms with van der Waals surface area (Å²) in [5, 5.41) is 14.7. The van der Waals surface area contributed by atoms with Crippen LogP contribution in [0.4, 0.5) is 15.3 Å². The van der Waals surface area contributed by atoms with Gasteiger partial charge in [-0.3, -0.25) is 0 Å². The van der Waals surface area contributed by atoms with Crippen molar-refractivity contribution in [3.05, 3.63) is 35.1 Å². The van der Waals surface area contributed by atoms with E-state index in [1.165, 1.54) is 11.3 Å². The van der Waals surface area contributed by atoms with Crippen LogP contribution in [0.5, 0.6) is 6.01 Å². The molecule has 2 fully saturated rings. The molecule has 2 aromatic heterocycles. The highest BCUT2D eigenvalue weighted by Crippen LogP contribution is 2.42. The smallest absolute Gasteiger partial charge is 0.319 e. The first-order valence-electron chi connectivity index (χ1n) is 12.7. The molecular formula is C26H29ClFN7O2S. The van der Waals surface area contributed by atoms with Crippen LogP contribution in [0.2, 0.25) is 5.02 Å². The van der Waals surface area contributed by atoms with Gasteiger partial charge in [0.15, 0.2) is 10.9 Å². The first-order chi connectivity index (χ1) is 18.4. The van der Waals surface area contributed by atoms with Crippen molar-refractivity contribution in [1.82, 2.24) is 25.2 Å². The summed E-state index contributed by atoms with van der Waals surface area (Å²) in [6.45, 7) is 3.45. The van der Waals surface area contributed by atoms with Crippen molar-refractivity contribution < 1.29 is 14.2 Å². The van der Waals surface area contributed by atoms with Gasteiger partial charge in [0.05, 0.1) is 21.3 Å². The minimum atomic E-state index is -0.605. The second-order valence-corrected chi connectivity index (χ2v) is 11.3. The molecule has 38 heavy (non-hydrogen) atoms. The number of aliphatic hydroxyl groups is 1. The number of aromatic nitrogens is 3. The number of hydrogen-bond acceptors (Lipinski definition) is 10. The molecule has 2 atom stereocenters. The molecule has 4 N–H and O–H groups in total. The quantitative estimate of drug-likeness (QED) is 0.339. The Kier molecular flexibility index (Phi) is 6.95. The van der Waals surface area contributed by atoms with E-state index < -0.39 is 11.9 Å². The average molecular weight is 558 g/mol. The molecule has 0 radical (unpaired) electrons. The number of nitrogens with two attached hydrogens (primary N) is 1. The van der Waals surface area contributed by atoms with E-state index in [0.29, 0.717) is 60.2 Å². The number of rotatable bonds is 5. The highest BCUT2D eigenvalue weighted by atomic mass is 35.5. The number of thiazole rings is 1. The van der Waals surface area contributed by atoms with Gasteiger partial charge < -0.3 is 30.7 Å². The third-order valence-electron chi connectivity index (χ3n) is 7.29. The van der Waals surface area contributed by atoms with Gasteiger partial charge in [-0.05, 0) is 38.6 Å². The molecule has 0 spiro atoms. The number of anilines is 2. The number of halogens is 2. The van der Waals surface area contributed by atoms with Gasteiger partial charge in [0.1, 0.15) is 17.9 Å². The third kappa shape index (κ3) is 4.73. The largest absolute Gasteiger partial charge is 0.462 e. The van der Waals surface area contributed by atoms with E-state index >= 15 is 4.39 Å². The molecule has 200 valence electrons. The number of nitrogen functional groups attached to an aromatic ring is 1. The van der Waals surface area contributed by atoms with E-state index in [1.54, 1.807) is 12.1 Å². The third-order valence-corrected chi connectivity index (χ3v) is 8.44. The number of nitrogens with one attached hydrogen (secondary N) is 1. The van der Waals surface area contributed by atoms with Crippen molar-refractivity contribution in [1.29, 1.82) is 0 Å². The number of ether oxygens (including phenoxy) is 1. The summed E-state index contributed by atoms with van der Waals surface area (Å²) < 4.78 is 23.4. The summed E-state index contributed by atoms with van der Waals surface area (Å²) in [6.07, 6.45) is 1.53. The number of fused-ring (bicyclic) bond motifs is 2. The number of hydrogen-bond donors (Lipinski definition) is 3. The Balaban J connectivity index is 1.51. The number of likely N-dealkylation sites (N-methyl/N-ethyl adjacent to an activating group) is 1. The van der Waals surface area contributed by atoms with Crippen LogP contribution in [0, 0.1) is 5.82 Å². The lowest BCUT2D eigenvalue weighted by Gasteiger charge is -2.25. The predicted molar refractivity (Wildman–Crippen MR) is 150 cm³/mol. The summed E-state index contributed by atoms with van der Waals surface area (Å²) in [7, 11) is 2.07. The van der Waals surface area contributed by atoms with E-state index in [9.17, 15) is 5.11 Å². The van der Waals surface area contributed by atoms with E-state index in [1.807, 2.05) is 17.0 Å². The molecule has 12 heteroatoms. The van der Waals surface area contributed by atoms with E-state index in [-0.39, 0.29) is 28.2 Å². The molecule has 2 saturated heterocycles. The first kappa shape index (κ1) is 25.4. The van der Waals surface area contributed by atoms with Gasteiger partial charge >= 0.3 is 6.01 Å². The Morgan fingerprint density at radius 3 is 2.95 bits per heavy atom. The molecule has 1 unspecified atom stereocenters. The minimum Gasteiger partial charge on any atom is -0.462 e. The fraction of sp³-hybridized carbons (Fsp3) is 0.423. The summed E-state index contributed by atoms with van der Waals surface area (Å²) >= 11 is 8.09. The molecule has 9 nitrogen and oxygen atoms in total. The van der Waals surface area contributed by atoms with Crippen LogP contribution in [0.25, 0.3) is 32.2 Å². The van der Waals surface area contributed by atoms with E-state index in [4.69, 9.17) is 27.1 Å². The molecule has 4 heterocycles. The van der Waals surface area contributed by atoms with Crippen molar-refractivity contribution in [2.45, 2.75) is 25.0 Å². The Morgan fingerprint density at radius 1 is 1.26 bits per heavy atom. The van der Waals surface area contributed by atoms with Crippen LogP contribution >= 0.6 is 22.9 Å². The number of likely N-dealkylation sites (tertiary alicyclic amines) is 1. The van der Waals surface area contributed by atoms with Gasteiger partial charge in [0, 0.05) is 48.7 Å². The monoisotopic (exact) mass is 557 g/mol. The molecule has 6 rings (SSSR count). The standard InChI is InChI=1S/C26H29ClFN7O2S/c1-34-8-3-4-14(34)13-37-26-32-23-17(24(33-26)35-9-7-30-11-15(36)12-35)10-18(27)20(21(23)28)16-5-2-6-19-22(16)31-25(29)38-19/h2,5-6,10,14-15,30,36H,3-4,7-9,11-13H2,1H3,(H2,29,31)/t14-,15?/m0/s1. The molecule has 0 saturated carbocycles. The van der Waals surface area contributed by atoms with Crippen LogP contribution in [0.15, 0.2) is 24.3 Å². The second kappa shape index (κ2) is 10.4. The van der Waals surface area contributed by atoms with Crippen molar-refractivity contribution >= 4 is 55.0 Å². The number of β-amino-alcohol motifs (C(OH)–C–C–N with tert-alkyl or cyclic N) is 1. The Hall–Kier alpha value is -2.83. The van der Waals surface area contributed by atoms with Crippen LogP contribution in [0.3, 0.4) is 0 Å². The second-order valence-electron chi connectivity index (χ2n) is 9.87. The highest BCUT2D eigenvalue weighted by Gasteiger charge is 2.27. The molecule has 0 amide bonds. The molecule has 4 aromatic rings. The summed E-state index contributed by atoms with van der Waals surface area (Å²) in [5.74, 6) is -0.0949. The lowest BCUT2D eigenvalue weighted by molar-refractivity contribution is 0.183. The van der Waals surface area contributed by atoms with Crippen LogP contribution < -0.4 is 20.7 Å². The first-order valence-corrected chi connectivity index (χ1v) is 13.9. The minimum absolute atomic E-state index is 0.0998. The van der Waals surface area contributed by atoms with Gasteiger partial charge in [-0.25, -0.2) is 9.37 Å². The molecule has 2 aromatic carbocycles. The number of benzene rings is 2. The number of nitrogens with zero attached hydrogens (tertiary/aromatic N) is 5. The van der Waals surface area contributed by atoms with Gasteiger partial charge in [0.2, 0.25) is 0 Å². The van der Waals surface area contributed by atoms with Gasteiger partial charge in [-0.2, -0.15) is 9.97 Å². The van der Waals surface area contributed by atoms with E-state index in [2.05, 4.69) is 27.2 Å². The summed E-state index contributed by atoms with van der Waals surface area (Å²) in [5.41, 5.74) is 7.40. The number of aliphatic hydroxyl groups excluding tert-OH is 1. The van der Waals surface area contributed by atoms with Crippen LogP contribution in [-0.2, 0) is 0 Å².